The summed E-state index contributed by atoms with van der Waals surface area (Å²) < 4.78 is 33.4. The van der Waals surface area contributed by atoms with E-state index in [1.165, 1.54) is 12.1 Å². The van der Waals surface area contributed by atoms with Crippen LogP contribution >= 0.6 is 0 Å². The molecule has 1 fully saturated rings. The fourth-order valence-electron chi connectivity index (χ4n) is 4.67. The maximum Gasteiger partial charge on any atom is 0.226 e. The molecule has 3 aromatic carbocycles. The van der Waals surface area contributed by atoms with E-state index in [-0.39, 0.29) is 42.5 Å². The van der Waals surface area contributed by atoms with Crippen molar-refractivity contribution < 1.29 is 23.1 Å². The number of carbonyl (C=O) groups is 1. The number of rotatable bonds is 8. The Kier molecular flexibility index (Phi) is 6.49. The van der Waals surface area contributed by atoms with Crippen LogP contribution in [0.5, 0.6) is 5.75 Å². The van der Waals surface area contributed by atoms with Gasteiger partial charge in [-0.1, -0.05) is 53.7 Å². The molecule has 5 rings (SSSR count). The van der Waals surface area contributed by atoms with Crippen LogP contribution in [0.25, 0.3) is 0 Å². The zero-order valence-corrected chi connectivity index (χ0v) is 19.4. The smallest absolute Gasteiger partial charge is 0.226 e. The molecule has 5 nitrogen and oxygen atoms in total. The van der Waals surface area contributed by atoms with Gasteiger partial charge in [-0.15, -0.1) is 0 Å². The Bertz CT molecular complexity index is 1250. The summed E-state index contributed by atoms with van der Waals surface area (Å²) in [5.41, 5.74) is 2.96. The fraction of sp³-hybridized carbons (Fsp3) is 0.286. The van der Waals surface area contributed by atoms with Crippen LogP contribution < -0.4 is 4.74 Å². The van der Waals surface area contributed by atoms with Gasteiger partial charge in [-0.25, -0.2) is 8.78 Å². The molecule has 2 aliphatic rings. The molecule has 3 atom stereocenters. The van der Waals surface area contributed by atoms with Crippen molar-refractivity contribution in [2.75, 3.05) is 13.7 Å². The van der Waals surface area contributed by atoms with E-state index in [2.05, 4.69) is 5.16 Å². The molecule has 180 valence electrons. The van der Waals surface area contributed by atoms with Crippen LogP contribution in [0.15, 0.2) is 78.0 Å². The summed E-state index contributed by atoms with van der Waals surface area (Å²) in [5.74, 6) is -0.704. The Labute approximate surface area is 203 Å². The number of halogens is 2. The highest BCUT2D eigenvalue weighted by Gasteiger charge is 2.46. The van der Waals surface area contributed by atoms with E-state index in [4.69, 9.17) is 9.57 Å². The lowest BCUT2D eigenvalue weighted by atomic mass is 10.0. The van der Waals surface area contributed by atoms with Crippen LogP contribution in [0.3, 0.4) is 0 Å². The largest absolute Gasteiger partial charge is 0.496 e. The average molecular weight is 477 g/mol. The third-order valence-corrected chi connectivity index (χ3v) is 6.60. The third-order valence-electron chi connectivity index (χ3n) is 6.60. The number of oxime groups is 1. The molecule has 0 radical (unpaired) electrons. The van der Waals surface area contributed by atoms with Gasteiger partial charge in [-0.3, -0.25) is 4.79 Å². The minimum absolute atomic E-state index is 0.0345. The number of benzene rings is 3. The molecule has 1 heterocycles. The summed E-state index contributed by atoms with van der Waals surface area (Å²) in [6.07, 6.45) is 0.860. The van der Waals surface area contributed by atoms with Crippen LogP contribution in [0.1, 0.15) is 35.4 Å². The highest BCUT2D eigenvalue weighted by molar-refractivity contribution is 6.03. The minimum atomic E-state index is -0.670. The lowest BCUT2D eigenvalue weighted by Gasteiger charge is -2.25. The van der Waals surface area contributed by atoms with Gasteiger partial charge in [0.05, 0.1) is 19.4 Å². The first-order valence-electron chi connectivity index (χ1n) is 11.7. The van der Waals surface area contributed by atoms with Crippen LogP contribution in [-0.2, 0) is 16.2 Å². The molecule has 0 spiro atoms. The van der Waals surface area contributed by atoms with E-state index in [0.717, 1.165) is 29.3 Å². The van der Waals surface area contributed by atoms with Gasteiger partial charge in [0.1, 0.15) is 17.4 Å². The Hall–Kier alpha value is -3.74. The number of hydrogen-bond donors (Lipinski definition) is 0. The molecule has 2 unspecified atom stereocenters. The number of ether oxygens (including phenoxy) is 1. The molecular weight excluding hydrogens is 450 g/mol. The SMILES string of the molecule is COc1ccccc1C1=NOC(CN(Cc2ccc(F)cc2F)C(=O)C2C[C@H]2c2ccccc2)C1. The number of hydrogen-bond acceptors (Lipinski definition) is 4. The van der Waals surface area contributed by atoms with Gasteiger partial charge in [-0.05, 0) is 36.1 Å². The molecule has 0 bridgehead atoms. The van der Waals surface area contributed by atoms with Gasteiger partial charge in [0, 0.05) is 36.1 Å². The fourth-order valence-corrected chi connectivity index (χ4v) is 4.67. The zero-order valence-electron chi connectivity index (χ0n) is 19.4. The van der Waals surface area contributed by atoms with Crippen LogP contribution in [0, 0.1) is 17.6 Å². The molecule has 7 heteroatoms. The second kappa shape index (κ2) is 9.86. The molecular formula is C28H26F2N2O3. The Morgan fingerprint density at radius 2 is 1.86 bits per heavy atom. The number of nitrogens with zero attached hydrogens (tertiary/aromatic N) is 2. The summed E-state index contributed by atoms with van der Waals surface area (Å²) in [6.45, 7) is 0.280. The second-order valence-corrected chi connectivity index (χ2v) is 8.98. The lowest BCUT2D eigenvalue weighted by Crippen LogP contribution is -2.38. The summed E-state index contributed by atoms with van der Waals surface area (Å²) in [6, 6.07) is 20.9. The van der Waals surface area contributed by atoms with Crippen LogP contribution in [0.2, 0.25) is 0 Å². The van der Waals surface area contributed by atoms with E-state index in [1.54, 1.807) is 12.0 Å². The number of carbonyl (C=O) groups excluding carboxylic acids is 1. The Balaban J connectivity index is 1.32. The van der Waals surface area contributed by atoms with Crippen LogP contribution in [-0.4, -0.2) is 36.3 Å². The maximum atomic E-state index is 14.5. The summed E-state index contributed by atoms with van der Waals surface area (Å²) in [5, 5.41) is 4.24. The third kappa shape index (κ3) is 5.04. The molecule has 1 saturated carbocycles. The summed E-state index contributed by atoms with van der Waals surface area (Å²) in [7, 11) is 1.60. The topological polar surface area (TPSA) is 51.1 Å². The van der Waals surface area contributed by atoms with Gasteiger partial charge in [0.25, 0.3) is 0 Å². The van der Waals surface area contributed by atoms with Crippen molar-refractivity contribution in [2.45, 2.75) is 31.4 Å². The summed E-state index contributed by atoms with van der Waals surface area (Å²) >= 11 is 0. The maximum absolute atomic E-state index is 14.5. The van der Waals surface area contributed by atoms with E-state index in [1.807, 2.05) is 54.6 Å². The second-order valence-electron chi connectivity index (χ2n) is 8.98. The zero-order chi connectivity index (χ0) is 24.4. The molecule has 0 N–H and O–H groups in total. The van der Waals surface area contributed by atoms with E-state index >= 15 is 0 Å². The van der Waals surface area contributed by atoms with Crippen molar-refractivity contribution in [3.05, 3.63) is 101 Å². The monoisotopic (exact) mass is 476 g/mol. The van der Waals surface area contributed by atoms with Gasteiger partial charge in [0.15, 0.2) is 6.10 Å². The first kappa shape index (κ1) is 23.0. The van der Waals surface area contributed by atoms with E-state index in [0.29, 0.717) is 12.2 Å². The molecule has 0 aromatic heterocycles. The minimum Gasteiger partial charge on any atom is -0.496 e. The first-order valence-corrected chi connectivity index (χ1v) is 11.7. The van der Waals surface area contributed by atoms with Crippen LogP contribution in [0.4, 0.5) is 8.78 Å². The normalized spacial score (nSPS) is 20.7. The standard InChI is InChI=1S/C28H26F2N2O3/c1-34-27-10-6-5-9-22(27)26-14-21(35-31-26)17-32(16-19-11-12-20(29)13-25(19)30)28(33)24-15-23(24)18-7-3-2-4-8-18/h2-13,21,23-24H,14-17H2,1H3/t21?,23-,24?/m0/s1. The highest BCUT2D eigenvalue weighted by atomic mass is 19.1. The van der Waals surface area contributed by atoms with E-state index < -0.39 is 11.6 Å². The number of para-hydroxylation sites is 1. The predicted octanol–water partition coefficient (Wildman–Crippen LogP) is 5.30. The van der Waals surface area contributed by atoms with Crippen molar-refractivity contribution in [1.82, 2.24) is 4.90 Å². The molecule has 0 saturated heterocycles. The number of amides is 1. The molecule has 35 heavy (non-hydrogen) atoms. The van der Waals surface area contributed by atoms with Gasteiger partial charge < -0.3 is 14.5 Å². The Morgan fingerprint density at radius 1 is 1.09 bits per heavy atom. The van der Waals surface area contributed by atoms with Gasteiger partial charge in [-0.2, -0.15) is 0 Å². The van der Waals surface area contributed by atoms with Crippen molar-refractivity contribution in [2.24, 2.45) is 11.1 Å². The highest BCUT2D eigenvalue weighted by Crippen LogP contribution is 2.48. The van der Waals surface area contributed by atoms with Crippen molar-refractivity contribution in [3.8, 4) is 5.75 Å². The first-order chi connectivity index (χ1) is 17.0. The van der Waals surface area contributed by atoms with Crippen molar-refractivity contribution in [3.63, 3.8) is 0 Å². The van der Waals surface area contributed by atoms with Crippen molar-refractivity contribution >= 4 is 11.6 Å². The predicted molar refractivity (Wildman–Crippen MR) is 128 cm³/mol. The van der Waals surface area contributed by atoms with Crippen molar-refractivity contribution in [1.29, 1.82) is 0 Å². The number of methoxy groups -OCH3 is 1. The van der Waals surface area contributed by atoms with Gasteiger partial charge >= 0.3 is 0 Å². The van der Waals surface area contributed by atoms with E-state index in [9.17, 15) is 13.6 Å². The Morgan fingerprint density at radius 3 is 2.63 bits per heavy atom. The molecule has 1 aliphatic carbocycles. The lowest BCUT2D eigenvalue weighted by molar-refractivity contribution is -0.135. The average Bonchev–Trinajstić information content (AvgIpc) is 3.55. The molecule has 1 amide bonds. The summed E-state index contributed by atoms with van der Waals surface area (Å²) in [4.78, 5) is 20.8. The quantitative estimate of drug-likeness (QED) is 0.443. The molecule has 1 aliphatic heterocycles. The van der Waals surface area contributed by atoms with Gasteiger partial charge in [0.2, 0.25) is 5.91 Å². The molecule has 3 aromatic rings.